The summed E-state index contributed by atoms with van der Waals surface area (Å²) in [5, 5.41) is 2.76. The zero-order valence-electron chi connectivity index (χ0n) is 4.64. The van der Waals surface area contributed by atoms with Crippen molar-refractivity contribution in [3.63, 3.8) is 0 Å². The van der Waals surface area contributed by atoms with Crippen LogP contribution in [0.25, 0.3) is 0 Å². The lowest BCUT2D eigenvalue weighted by Crippen LogP contribution is -2.62. The van der Waals surface area contributed by atoms with Crippen molar-refractivity contribution in [1.29, 1.82) is 0 Å². The molecule has 42 valence electrons. The van der Waals surface area contributed by atoms with Gasteiger partial charge in [-0.25, -0.2) is 0 Å². The smallest absolute Gasteiger partial charge is 0.230 e. The Labute approximate surface area is 47.6 Å². The minimum atomic E-state index is 0.204. The molecule has 1 saturated heterocycles. The third kappa shape index (κ3) is 0.250. The largest absolute Gasteiger partial charge is 0.348 e. The van der Waals surface area contributed by atoms with E-state index in [4.69, 9.17) is 0 Å². The van der Waals surface area contributed by atoms with Crippen LogP contribution in [-0.2, 0) is 4.79 Å². The van der Waals surface area contributed by atoms with Gasteiger partial charge in [0.05, 0.1) is 12.0 Å². The Balaban J connectivity index is 2.28. The van der Waals surface area contributed by atoms with Crippen molar-refractivity contribution in [3.8, 4) is 0 Å². The summed E-state index contributed by atoms with van der Waals surface area (Å²) in [7, 11) is 0. The highest BCUT2D eigenvalue weighted by Crippen LogP contribution is 2.33. The van der Waals surface area contributed by atoms with Gasteiger partial charge in [0, 0.05) is 0 Å². The molecule has 2 atom stereocenters. The summed E-state index contributed by atoms with van der Waals surface area (Å²) in [6.45, 7) is 2.00. The molecule has 0 saturated carbocycles. The summed E-state index contributed by atoms with van der Waals surface area (Å²) >= 11 is 0. The van der Waals surface area contributed by atoms with Gasteiger partial charge in [0.1, 0.15) is 0 Å². The summed E-state index contributed by atoms with van der Waals surface area (Å²) in [5.41, 5.74) is 1.23. The molecule has 0 aromatic heterocycles. The molecule has 2 rings (SSSR count). The van der Waals surface area contributed by atoms with Gasteiger partial charge in [-0.1, -0.05) is 11.6 Å². The van der Waals surface area contributed by atoms with Gasteiger partial charge < -0.3 is 5.32 Å². The number of rotatable bonds is 0. The molecular formula is C6H7NO. The first-order valence-corrected chi connectivity index (χ1v) is 2.78. The maximum atomic E-state index is 10.6. The lowest BCUT2D eigenvalue weighted by atomic mass is 9.74. The van der Waals surface area contributed by atoms with Crippen LogP contribution in [0.15, 0.2) is 11.6 Å². The first-order chi connectivity index (χ1) is 3.79. The minimum Gasteiger partial charge on any atom is -0.348 e. The Kier molecular flexibility index (Phi) is 0.498. The maximum absolute atomic E-state index is 10.6. The second kappa shape index (κ2) is 0.966. The molecule has 0 spiro atoms. The zero-order chi connectivity index (χ0) is 5.72. The molecule has 1 aliphatic carbocycles. The summed E-state index contributed by atoms with van der Waals surface area (Å²) in [6.07, 6.45) is 2.09. The molecule has 2 aliphatic rings. The summed E-state index contributed by atoms with van der Waals surface area (Å²) in [4.78, 5) is 10.6. The fraction of sp³-hybridized carbons (Fsp3) is 0.500. The number of fused-ring (bicyclic) bond motifs is 1. The highest BCUT2D eigenvalue weighted by Gasteiger charge is 2.45. The van der Waals surface area contributed by atoms with Gasteiger partial charge >= 0.3 is 0 Å². The zero-order valence-corrected chi connectivity index (χ0v) is 4.64. The second-order valence-electron chi connectivity index (χ2n) is 2.42. The molecule has 0 aromatic carbocycles. The van der Waals surface area contributed by atoms with Crippen molar-refractivity contribution in [2.75, 3.05) is 0 Å². The average molecular weight is 109 g/mol. The topological polar surface area (TPSA) is 29.1 Å². The first-order valence-electron chi connectivity index (χ1n) is 2.78. The number of carbonyl (C=O) groups excluding carboxylic acids is 1. The SMILES string of the molecule is CC1=CC2NC(=O)C12. The van der Waals surface area contributed by atoms with Crippen molar-refractivity contribution >= 4 is 5.91 Å². The Bertz CT molecular complexity index is 183. The van der Waals surface area contributed by atoms with E-state index < -0.39 is 0 Å². The number of hydrogen-bond donors (Lipinski definition) is 1. The van der Waals surface area contributed by atoms with Gasteiger partial charge in [0.15, 0.2) is 0 Å². The van der Waals surface area contributed by atoms with Crippen LogP contribution in [-0.4, -0.2) is 11.9 Å². The van der Waals surface area contributed by atoms with Gasteiger partial charge in [-0.15, -0.1) is 0 Å². The third-order valence-electron chi connectivity index (χ3n) is 1.88. The van der Waals surface area contributed by atoms with Crippen LogP contribution in [0.4, 0.5) is 0 Å². The van der Waals surface area contributed by atoms with Crippen molar-refractivity contribution in [2.24, 2.45) is 5.92 Å². The molecule has 1 heterocycles. The molecule has 2 heteroatoms. The second-order valence-corrected chi connectivity index (χ2v) is 2.42. The molecule has 1 aliphatic heterocycles. The van der Waals surface area contributed by atoms with E-state index in [-0.39, 0.29) is 11.8 Å². The van der Waals surface area contributed by atoms with Crippen LogP contribution in [0.2, 0.25) is 0 Å². The quantitative estimate of drug-likeness (QED) is 0.346. The summed E-state index contributed by atoms with van der Waals surface area (Å²) < 4.78 is 0. The highest BCUT2D eigenvalue weighted by atomic mass is 16.2. The van der Waals surface area contributed by atoms with E-state index in [9.17, 15) is 4.79 Å². The minimum absolute atomic E-state index is 0.204. The van der Waals surface area contributed by atoms with Crippen molar-refractivity contribution in [1.82, 2.24) is 5.32 Å². The number of hydrogen-bond acceptors (Lipinski definition) is 1. The fourth-order valence-corrected chi connectivity index (χ4v) is 1.30. The summed E-state index contributed by atoms with van der Waals surface area (Å²) in [5.74, 6) is 0.463. The average Bonchev–Trinajstić information content (AvgIpc) is 1.63. The Morgan fingerprint density at radius 1 is 1.75 bits per heavy atom. The number of β-lactam (4-membered cyclic amide) rings is 1. The molecular weight excluding hydrogens is 102 g/mol. The third-order valence-corrected chi connectivity index (χ3v) is 1.88. The van der Waals surface area contributed by atoms with E-state index in [1.54, 1.807) is 0 Å². The van der Waals surface area contributed by atoms with Crippen molar-refractivity contribution in [2.45, 2.75) is 13.0 Å². The van der Waals surface area contributed by atoms with E-state index in [2.05, 4.69) is 11.4 Å². The van der Waals surface area contributed by atoms with Crippen molar-refractivity contribution in [3.05, 3.63) is 11.6 Å². The Hall–Kier alpha value is -0.790. The summed E-state index contributed by atoms with van der Waals surface area (Å²) in [6, 6.07) is 0.405. The van der Waals surface area contributed by atoms with Gasteiger partial charge in [0.2, 0.25) is 5.91 Å². The van der Waals surface area contributed by atoms with Crippen LogP contribution >= 0.6 is 0 Å². The number of carbonyl (C=O) groups is 1. The van der Waals surface area contributed by atoms with Crippen LogP contribution < -0.4 is 5.32 Å². The van der Waals surface area contributed by atoms with Crippen LogP contribution in [0, 0.1) is 5.92 Å². The molecule has 2 unspecified atom stereocenters. The van der Waals surface area contributed by atoms with Gasteiger partial charge in [-0.3, -0.25) is 4.79 Å². The number of nitrogens with one attached hydrogen (secondary N) is 1. The van der Waals surface area contributed by atoms with Gasteiger partial charge in [-0.2, -0.15) is 0 Å². The molecule has 1 fully saturated rings. The van der Waals surface area contributed by atoms with Crippen LogP contribution in [0.3, 0.4) is 0 Å². The van der Waals surface area contributed by atoms with E-state index in [1.807, 2.05) is 6.92 Å². The maximum Gasteiger partial charge on any atom is 0.230 e. The van der Waals surface area contributed by atoms with E-state index >= 15 is 0 Å². The monoisotopic (exact) mass is 109 g/mol. The molecule has 8 heavy (non-hydrogen) atoms. The van der Waals surface area contributed by atoms with Crippen LogP contribution in [0.5, 0.6) is 0 Å². The predicted molar refractivity (Wildman–Crippen MR) is 29.2 cm³/mol. The van der Waals surface area contributed by atoms with Crippen molar-refractivity contribution < 1.29 is 4.79 Å². The highest BCUT2D eigenvalue weighted by molar-refractivity contribution is 5.92. The normalized spacial score (nSPS) is 40.6. The molecule has 1 N–H and O–H groups in total. The fourth-order valence-electron chi connectivity index (χ4n) is 1.30. The molecule has 1 amide bonds. The van der Waals surface area contributed by atoms with Gasteiger partial charge in [-0.05, 0) is 6.92 Å². The van der Waals surface area contributed by atoms with E-state index in [0.29, 0.717) is 6.04 Å². The molecule has 0 bridgehead atoms. The lowest BCUT2D eigenvalue weighted by molar-refractivity contribution is -0.133. The first kappa shape index (κ1) is 4.13. The molecule has 0 radical (unpaired) electrons. The van der Waals surface area contributed by atoms with E-state index in [1.165, 1.54) is 5.57 Å². The predicted octanol–water partition coefficient (Wildman–Crippen LogP) is 0.0609. The number of amides is 1. The van der Waals surface area contributed by atoms with Gasteiger partial charge in [0.25, 0.3) is 0 Å². The molecule has 0 aromatic rings. The standard InChI is InChI=1S/C6H7NO/c1-3-2-4-5(3)6(8)7-4/h2,4-5H,1H3,(H,7,8). The Morgan fingerprint density at radius 3 is 2.75 bits per heavy atom. The van der Waals surface area contributed by atoms with E-state index in [0.717, 1.165) is 0 Å². The Morgan fingerprint density at radius 2 is 2.50 bits per heavy atom. The molecule has 2 nitrogen and oxygen atoms in total. The lowest BCUT2D eigenvalue weighted by Gasteiger charge is -2.43. The van der Waals surface area contributed by atoms with Crippen LogP contribution in [0.1, 0.15) is 6.92 Å².